The molecule has 0 radical (unpaired) electrons. The molecule has 0 spiro atoms. The van der Waals surface area contributed by atoms with Gasteiger partial charge in [0.1, 0.15) is 0 Å². The van der Waals surface area contributed by atoms with Gasteiger partial charge in [0.25, 0.3) is 0 Å². The Morgan fingerprint density at radius 1 is 1.18 bits per heavy atom. The minimum absolute atomic E-state index is 0. The van der Waals surface area contributed by atoms with Crippen LogP contribution in [0, 0.1) is 13.5 Å². The van der Waals surface area contributed by atoms with Gasteiger partial charge in [0.15, 0.2) is 0 Å². The van der Waals surface area contributed by atoms with Crippen LogP contribution in [0.15, 0.2) is 0 Å². The molecule has 0 aromatic heterocycles. The molecule has 0 saturated carbocycles. The second kappa shape index (κ2) is 17.2. The molecule has 2 heteroatoms. The van der Waals surface area contributed by atoms with Crippen LogP contribution in [0.5, 0.6) is 0 Å². The van der Waals surface area contributed by atoms with E-state index < -0.39 is 0 Å². The van der Waals surface area contributed by atoms with Crippen LogP contribution in [0.3, 0.4) is 0 Å². The SMILES string of the molecule is [CH2-]CCCCC.[CH2-][SiH](C)C.[Mg+2]. The van der Waals surface area contributed by atoms with E-state index in [1.165, 1.54) is 19.3 Å². The predicted molar refractivity (Wildman–Crippen MR) is 59.5 cm³/mol. The molecule has 0 aromatic rings. The minimum Gasteiger partial charge on any atom is -0.345 e. The van der Waals surface area contributed by atoms with Crippen molar-refractivity contribution in [1.82, 2.24) is 0 Å². The van der Waals surface area contributed by atoms with Crippen LogP contribution >= 0.6 is 0 Å². The van der Waals surface area contributed by atoms with Crippen molar-refractivity contribution >= 4 is 31.8 Å². The summed E-state index contributed by atoms with van der Waals surface area (Å²) in [6.07, 6.45) is 5.07. The van der Waals surface area contributed by atoms with Crippen molar-refractivity contribution in [3.8, 4) is 0 Å². The van der Waals surface area contributed by atoms with E-state index >= 15 is 0 Å². The molecule has 0 atom stereocenters. The molecule has 64 valence electrons. The monoisotopic (exact) mass is 182 g/mol. The minimum atomic E-state index is -0.389. The molecule has 0 aliphatic rings. The molecule has 0 aliphatic heterocycles. The first-order valence-electron chi connectivity index (χ1n) is 4.27. The van der Waals surface area contributed by atoms with Gasteiger partial charge >= 0.3 is 23.1 Å². The molecular formula is C9H22MgSi. The Kier molecular flexibility index (Phi) is 28.0. The summed E-state index contributed by atoms with van der Waals surface area (Å²) in [5, 5.41) is 0. The van der Waals surface area contributed by atoms with Crippen LogP contribution in [0.2, 0.25) is 13.1 Å². The maximum absolute atomic E-state index is 3.78. The summed E-state index contributed by atoms with van der Waals surface area (Å²) in [6, 6.07) is 0. The van der Waals surface area contributed by atoms with Gasteiger partial charge < -0.3 is 13.5 Å². The summed E-state index contributed by atoms with van der Waals surface area (Å²) < 4.78 is 0. The van der Waals surface area contributed by atoms with E-state index in [0.29, 0.717) is 0 Å². The Morgan fingerprint density at radius 2 is 1.55 bits per heavy atom. The fourth-order valence-electron chi connectivity index (χ4n) is 0.427. The van der Waals surface area contributed by atoms with Crippen LogP contribution < -0.4 is 0 Å². The first kappa shape index (κ1) is 17.9. The molecule has 0 saturated heterocycles. The predicted octanol–water partition coefficient (Wildman–Crippen LogP) is 2.87. The van der Waals surface area contributed by atoms with E-state index in [1.807, 2.05) is 0 Å². The van der Waals surface area contributed by atoms with Crippen molar-refractivity contribution in [3.05, 3.63) is 13.5 Å². The third-order valence-corrected chi connectivity index (χ3v) is 0.854. The second-order valence-corrected chi connectivity index (χ2v) is 5.74. The van der Waals surface area contributed by atoms with Gasteiger partial charge in [0.05, 0.1) is 0 Å². The van der Waals surface area contributed by atoms with Gasteiger partial charge in [-0.2, -0.15) is 6.42 Å². The van der Waals surface area contributed by atoms with Gasteiger partial charge in [-0.3, -0.25) is 0 Å². The Labute approximate surface area is 90.9 Å². The molecule has 0 amide bonds. The number of rotatable bonds is 3. The molecular weight excluding hydrogens is 160 g/mol. The van der Waals surface area contributed by atoms with Gasteiger partial charge in [-0.05, 0) is 0 Å². The van der Waals surface area contributed by atoms with Crippen molar-refractivity contribution in [1.29, 1.82) is 0 Å². The number of hydrogen-bond acceptors (Lipinski definition) is 0. The molecule has 0 nitrogen and oxygen atoms in total. The van der Waals surface area contributed by atoms with Crippen LogP contribution in [0.1, 0.15) is 32.6 Å². The van der Waals surface area contributed by atoms with Gasteiger partial charge in [-0.1, -0.05) is 39.3 Å². The van der Waals surface area contributed by atoms with Crippen LogP contribution in [-0.4, -0.2) is 31.8 Å². The fourth-order valence-corrected chi connectivity index (χ4v) is 0.427. The van der Waals surface area contributed by atoms with E-state index in [9.17, 15) is 0 Å². The Balaban J connectivity index is -0.000000114. The van der Waals surface area contributed by atoms with E-state index in [0.717, 1.165) is 6.42 Å². The summed E-state index contributed by atoms with van der Waals surface area (Å²) in [6.45, 7) is 14.1. The smallest absolute Gasteiger partial charge is 0.345 e. The first-order chi connectivity index (χ1) is 4.65. The molecule has 0 heterocycles. The van der Waals surface area contributed by atoms with Crippen molar-refractivity contribution in [3.63, 3.8) is 0 Å². The van der Waals surface area contributed by atoms with Crippen LogP contribution in [0.25, 0.3) is 0 Å². The maximum Gasteiger partial charge on any atom is 2.00 e. The molecule has 0 aliphatic carbocycles. The van der Waals surface area contributed by atoms with Gasteiger partial charge in [0, 0.05) is 0 Å². The molecule has 0 fully saturated rings. The summed E-state index contributed by atoms with van der Waals surface area (Å²) in [7, 11) is -0.389. The van der Waals surface area contributed by atoms with Crippen molar-refractivity contribution in [2.45, 2.75) is 45.7 Å². The van der Waals surface area contributed by atoms with Gasteiger partial charge in [-0.25, -0.2) is 0 Å². The van der Waals surface area contributed by atoms with E-state index in [2.05, 4.69) is 33.5 Å². The summed E-state index contributed by atoms with van der Waals surface area (Å²) in [5.74, 6) is 0. The Bertz CT molecular complexity index is 40.1. The second-order valence-electron chi connectivity index (χ2n) is 2.95. The fraction of sp³-hybridized carbons (Fsp3) is 0.778. The number of unbranched alkanes of at least 4 members (excludes halogenated alkanes) is 3. The zero-order valence-corrected chi connectivity index (χ0v) is 11.1. The van der Waals surface area contributed by atoms with Gasteiger partial charge in [0.2, 0.25) is 0 Å². The zero-order valence-electron chi connectivity index (χ0n) is 8.53. The summed E-state index contributed by atoms with van der Waals surface area (Å²) in [4.78, 5) is 0. The Morgan fingerprint density at radius 3 is 1.64 bits per heavy atom. The summed E-state index contributed by atoms with van der Waals surface area (Å²) in [5.41, 5.74) is 0. The number of hydrogen-bond donors (Lipinski definition) is 0. The first-order valence-corrected chi connectivity index (χ1v) is 7.40. The molecule has 11 heavy (non-hydrogen) atoms. The molecule has 0 aromatic carbocycles. The standard InChI is InChI=1S/C6H13.C3H9Si.Mg/c1-3-5-6-4-2;1-4(2)3;/h1,3-6H2,2H3;4H,1H2,2-3H3;/q2*-1;+2. The summed E-state index contributed by atoms with van der Waals surface area (Å²) >= 11 is 0. The largest absolute Gasteiger partial charge is 2.00 e. The Hall–Kier alpha value is 0.983. The molecule has 0 unspecified atom stereocenters. The maximum atomic E-state index is 3.78. The third-order valence-electron chi connectivity index (χ3n) is 0.854. The third kappa shape index (κ3) is 55.9. The quantitative estimate of drug-likeness (QED) is 0.358. The van der Waals surface area contributed by atoms with E-state index in [-0.39, 0.29) is 31.8 Å². The molecule has 0 N–H and O–H groups in total. The zero-order chi connectivity index (χ0) is 8.41. The van der Waals surface area contributed by atoms with Crippen LogP contribution in [-0.2, 0) is 0 Å². The van der Waals surface area contributed by atoms with E-state index in [4.69, 9.17) is 0 Å². The topological polar surface area (TPSA) is 0 Å². The van der Waals surface area contributed by atoms with Crippen LogP contribution in [0.4, 0.5) is 0 Å². The molecule has 0 bridgehead atoms. The normalized spacial score (nSPS) is 8.18. The van der Waals surface area contributed by atoms with Crippen molar-refractivity contribution in [2.24, 2.45) is 0 Å². The average Bonchev–Trinajstić information content (AvgIpc) is 1.82. The van der Waals surface area contributed by atoms with Gasteiger partial charge in [-0.15, -0.1) is 8.80 Å². The average molecular weight is 183 g/mol. The molecule has 0 rings (SSSR count). The van der Waals surface area contributed by atoms with E-state index in [1.54, 1.807) is 0 Å². The van der Waals surface area contributed by atoms with Crippen molar-refractivity contribution in [2.75, 3.05) is 0 Å². The van der Waals surface area contributed by atoms with Crippen molar-refractivity contribution < 1.29 is 0 Å².